The van der Waals surface area contributed by atoms with Gasteiger partial charge in [0, 0.05) is 31.4 Å². The zero-order valence-corrected chi connectivity index (χ0v) is 11.1. The van der Waals surface area contributed by atoms with Crippen molar-refractivity contribution >= 4 is 11.9 Å². The second-order valence-corrected chi connectivity index (χ2v) is 3.94. The van der Waals surface area contributed by atoms with E-state index < -0.39 is 24.3 Å². The van der Waals surface area contributed by atoms with E-state index in [4.69, 9.17) is 19.8 Å². The molecule has 0 atom stereocenters. The summed E-state index contributed by atoms with van der Waals surface area (Å²) in [5, 5.41) is 17.4. The molecule has 0 aromatic carbocycles. The molecule has 1 fully saturated rings. The van der Waals surface area contributed by atoms with E-state index in [1.54, 1.807) is 6.20 Å². The van der Waals surface area contributed by atoms with E-state index in [0.717, 1.165) is 18.9 Å². The van der Waals surface area contributed by atoms with Gasteiger partial charge in [-0.25, -0.2) is 14.6 Å². The summed E-state index contributed by atoms with van der Waals surface area (Å²) in [6.07, 6.45) is -6.50. The van der Waals surface area contributed by atoms with Crippen LogP contribution in [0.15, 0.2) is 12.4 Å². The van der Waals surface area contributed by atoms with Gasteiger partial charge >= 0.3 is 24.3 Å². The van der Waals surface area contributed by atoms with Crippen LogP contribution in [0, 0.1) is 0 Å². The number of carboxylic acids is 2. The summed E-state index contributed by atoms with van der Waals surface area (Å²) in [4.78, 5) is 25.0. The minimum atomic E-state index is -5.08. The van der Waals surface area contributed by atoms with Gasteiger partial charge in [0.15, 0.2) is 0 Å². The Morgan fingerprint density at radius 1 is 1.04 bits per heavy atom. The van der Waals surface area contributed by atoms with Crippen LogP contribution in [0.5, 0.6) is 0 Å². The number of alkyl halides is 6. The lowest BCUT2D eigenvalue weighted by molar-refractivity contribution is -0.193. The van der Waals surface area contributed by atoms with Gasteiger partial charge in [-0.1, -0.05) is 0 Å². The maximum absolute atomic E-state index is 10.6. The monoisotopic (exact) mass is 351 g/mol. The Kier molecular flexibility index (Phi) is 7.52. The van der Waals surface area contributed by atoms with Gasteiger partial charge in [0.25, 0.3) is 0 Å². The molecule has 132 valence electrons. The van der Waals surface area contributed by atoms with Crippen LogP contribution in [0.2, 0.25) is 0 Å². The summed E-state index contributed by atoms with van der Waals surface area (Å²) in [5.41, 5.74) is 0. The van der Waals surface area contributed by atoms with Crippen molar-refractivity contribution in [1.29, 1.82) is 0 Å². The molecule has 0 unspecified atom stereocenters. The van der Waals surface area contributed by atoms with Crippen molar-refractivity contribution in [3.05, 3.63) is 18.2 Å². The molecule has 1 aliphatic rings. The summed E-state index contributed by atoms with van der Waals surface area (Å²) in [6, 6.07) is 0. The van der Waals surface area contributed by atoms with Gasteiger partial charge in [-0.2, -0.15) is 26.3 Å². The molecule has 23 heavy (non-hydrogen) atoms. The van der Waals surface area contributed by atoms with Crippen molar-refractivity contribution in [2.24, 2.45) is 0 Å². The maximum atomic E-state index is 10.6. The fraction of sp³-hybridized carbons (Fsp3) is 0.500. The number of hydrogen-bond donors (Lipinski definition) is 4. The third-order valence-corrected chi connectivity index (χ3v) is 2.17. The Balaban J connectivity index is 0.000000322. The maximum Gasteiger partial charge on any atom is 0.490 e. The number of rotatable bonds is 1. The first kappa shape index (κ1) is 20.7. The lowest BCUT2D eigenvalue weighted by atomic mass is 10.0. The first-order valence-corrected chi connectivity index (χ1v) is 5.66. The van der Waals surface area contributed by atoms with Gasteiger partial charge in [0.05, 0.1) is 0 Å². The summed E-state index contributed by atoms with van der Waals surface area (Å²) >= 11 is 0. The third kappa shape index (κ3) is 8.65. The SMILES string of the molecule is O=C(O)C(F)(F)F.O=C(O)C(F)(F)F.c1c[nH]c(C2CNC2)n1. The van der Waals surface area contributed by atoms with Crippen molar-refractivity contribution < 1.29 is 46.1 Å². The second kappa shape index (κ2) is 8.36. The molecule has 13 heteroatoms. The number of nitrogens with one attached hydrogen (secondary N) is 2. The van der Waals surface area contributed by atoms with E-state index in [-0.39, 0.29) is 0 Å². The smallest absolute Gasteiger partial charge is 0.475 e. The molecule has 1 saturated heterocycles. The highest BCUT2D eigenvalue weighted by Gasteiger charge is 2.38. The van der Waals surface area contributed by atoms with Crippen LogP contribution in [-0.4, -0.2) is 57.6 Å². The van der Waals surface area contributed by atoms with Gasteiger partial charge < -0.3 is 20.5 Å². The topological polar surface area (TPSA) is 115 Å². The molecular formula is C10H11F6N3O4. The highest BCUT2D eigenvalue weighted by Crippen LogP contribution is 2.14. The number of carboxylic acid groups (broad SMARTS) is 2. The van der Waals surface area contributed by atoms with Crippen molar-refractivity contribution in [2.45, 2.75) is 18.3 Å². The van der Waals surface area contributed by atoms with E-state index in [0.29, 0.717) is 5.92 Å². The molecule has 0 aliphatic carbocycles. The highest BCUT2D eigenvalue weighted by atomic mass is 19.4. The molecule has 0 saturated carbocycles. The minimum absolute atomic E-state index is 0.639. The molecular weight excluding hydrogens is 340 g/mol. The van der Waals surface area contributed by atoms with Crippen LogP contribution in [0.4, 0.5) is 26.3 Å². The molecule has 2 heterocycles. The molecule has 4 N–H and O–H groups in total. The Labute approximate surface area is 124 Å². The number of H-pyrrole nitrogens is 1. The van der Waals surface area contributed by atoms with Gasteiger partial charge in [0.2, 0.25) is 0 Å². The van der Waals surface area contributed by atoms with Crippen molar-refractivity contribution in [1.82, 2.24) is 15.3 Å². The molecule has 1 aromatic rings. The van der Waals surface area contributed by atoms with E-state index in [1.807, 2.05) is 6.20 Å². The number of halogens is 6. The number of aromatic nitrogens is 2. The van der Waals surface area contributed by atoms with Crippen LogP contribution in [0.1, 0.15) is 11.7 Å². The Morgan fingerprint density at radius 3 is 1.61 bits per heavy atom. The highest BCUT2D eigenvalue weighted by molar-refractivity contribution is 5.73. The van der Waals surface area contributed by atoms with Crippen LogP contribution < -0.4 is 5.32 Å². The molecule has 0 amide bonds. The predicted octanol–water partition coefficient (Wildman–Crippen LogP) is 1.36. The molecule has 1 aromatic heterocycles. The van der Waals surface area contributed by atoms with Gasteiger partial charge in [0.1, 0.15) is 5.82 Å². The van der Waals surface area contributed by atoms with Crippen LogP contribution in [0.3, 0.4) is 0 Å². The summed E-state index contributed by atoms with van der Waals surface area (Å²) in [5.74, 6) is -3.76. The standard InChI is InChI=1S/C6H9N3.2C2HF3O2/c1-2-9-6(8-1)5-3-7-4-5;2*3-2(4,5)1(6)7/h1-2,5,7H,3-4H2,(H,8,9);2*(H,6,7). The van der Waals surface area contributed by atoms with Crippen LogP contribution >= 0.6 is 0 Å². The largest absolute Gasteiger partial charge is 0.490 e. The van der Waals surface area contributed by atoms with Crippen molar-refractivity contribution in [2.75, 3.05) is 13.1 Å². The minimum Gasteiger partial charge on any atom is -0.475 e. The number of aliphatic carboxylic acids is 2. The number of hydrogen-bond acceptors (Lipinski definition) is 4. The van der Waals surface area contributed by atoms with E-state index in [1.165, 1.54) is 0 Å². The Hall–Kier alpha value is -2.31. The van der Waals surface area contributed by atoms with Gasteiger partial charge in [-0.3, -0.25) is 0 Å². The Morgan fingerprint density at radius 2 is 1.43 bits per heavy atom. The van der Waals surface area contributed by atoms with E-state index in [2.05, 4.69) is 15.3 Å². The van der Waals surface area contributed by atoms with E-state index >= 15 is 0 Å². The zero-order chi connectivity index (χ0) is 18.3. The van der Waals surface area contributed by atoms with Crippen molar-refractivity contribution in [3.8, 4) is 0 Å². The molecule has 2 rings (SSSR count). The van der Waals surface area contributed by atoms with Gasteiger partial charge in [-0.15, -0.1) is 0 Å². The molecule has 0 spiro atoms. The average molecular weight is 351 g/mol. The number of aromatic amines is 1. The first-order valence-electron chi connectivity index (χ1n) is 5.66. The molecule has 0 radical (unpaired) electrons. The quantitative estimate of drug-likeness (QED) is 0.568. The lowest BCUT2D eigenvalue weighted by Gasteiger charge is -2.24. The van der Waals surface area contributed by atoms with E-state index in [9.17, 15) is 26.3 Å². The predicted molar refractivity (Wildman–Crippen MR) is 61.6 cm³/mol. The summed E-state index contributed by atoms with van der Waals surface area (Å²) in [7, 11) is 0. The summed E-state index contributed by atoms with van der Waals surface area (Å²) in [6.45, 7) is 2.15. The lowest BCUT2D eigenvalue weighted by Crippen LogP contribution is -2.40. The van der Waals surface area contributed by atoms with Crippen LogP contribution in [0.25, 0.3) is 0 Å². The van der Waals surface area contributed by atoms with Crippen molar-refractivity contribution in [3.63, 3.8) is 0 Å². The van der Waals surface area contributed by atoms with Gasteiger partial charge in [-0.05, 0) is 0 Å². The normalized spacial score (nSPS) is 14.5. The third-order valence-electron chi connectivity index (χ3n) is 2.17. The molecule has 0 bridgehead atoms. The Bertz CT molecular complexity index is 472. The molecule has 1 aliphatic heterocycles. The average Bonchev–Trinajstić information content (AvgIpc) is 2.79. The molecule has 7 nitrogen and oxygen atoms in total. The summed E-state index contributed by atoms with van der Waals surface area (Å²) < 4.78 is 63.5. The first-order chi connectivity index (χ1) is 10.4. The fourth-order valence-electron chi connectivity index (χ4n) is 0.983. The second-order valence-electron chi connectivity index (χ2n) is 3.94. The number of imidazole rings is 1. The van der Waals surface area contributed by atoms with Crippen LogP contribution in [-0.2, 0) is 9.59 Å². The number of nitrogens with zero attached hydrogens (tertiary/aromatic N) is 1. The number of carbonyl (C=O) groups is 2. The zero-order valence-electron chi connectivity index (χ0n) is 11.1. The fourth-order valence-corrected chi connectivity index (χ4v) is 0.983.